The van der Waals surface area contributed by atoms with Crippen molar-refractivity contribution in [2.75, 3.05) is 12.3 Å². The van der Waals surface area contributed by atoms with Gasteiger partial charge in [0.25, 0.3) is 0 Å². The highest BCUT2D eigenvalue weighted by Crippen LogP contribution is 2.32. The fourth-order valence-corrected chi connectivity index (χ4v) is 2.33. The van der Waals surface area contributed by atoms with Crippen LogP contribution in [-0.2, 0) is 11.2 Å². The molecule has 0 fully saturated rings. The highest BCUT2D eigenvalue weighted by molar-refractivity contribution is 5.74. The molecule has 2 rings (SSSR count). The van der Waals surface area contributed by atoms with Gasteiger partial charge in [-0.15, -0.1) is 0 Å². The number of nitrogens with zero attached hydrogens (tertiary/aromatic N) is 1. The van der Waals surface area contributed by atoms with Crippen LogP contribution in [0.25, 0.3) is 0 Å². The van der Waals surface area contributed by atoms with Crippen LogP contribution in [0, 0.1) is 0 Å². The zero-order valence-corrected chi connectivity index (χ0v) is 9.16. The molecule has 0 aliphatic carbocycles. The molecule has 0 radical (unpaired) electrons. The molecule has 1 aromatic rings. The van der Waals surface area contributed by atoms with Crippen LogP contribution in [0.1, 0.15) is 31.0 Å². The van der Waals surface area contributed by atoms with E-state index in [1.165, 1.54) is 11.1 Å². The van der Waals surface area contributed by atoms with Gasteiger partial charge in [-0.05, 0) is 30.5 Å². The normalized spacial score (nSPS) is 19.9. The Morgan fingerprint density at radius 2 is 2.27 bits per heavy atom. The standard InChI is InChI=1S/C12H16N2O/c1-8-10-4-3-5-12(13)11(10)6-7-14(8)9(2)15/h3-5,8H,6-7,13H2,1-2H3. The third-order valence-corrected chi connectivity index (χ3v) is 3.17. The number of anilines is 1. The Hall–Kier alpha value is -1.51. The first-order valence-corrected chi connectivity index (χ1v) is 5.25. The topological polar surface area (TPSA) is 46.3 Å². The number of nitrogens with two attached hydrogens (primary N) is 1. The second-order valence-corrected chi connectivity index (χ2v) is 4.05. The lowest BCUT2D eigenvalue weighted by Crippen LogP contribution is -2.37. The number of nitrogen functional groups attached to an aromatic ring is 1. The molecule has 1 atom stereocenters. The summed E-state index contributed by atoms with van der Waals surface area (Å²) in [6.07, 6.45) is 0.867. The fourth-order valence-electron chi connectivity index (χ4n) is 2.33. The number of hydrogen-bond acceptors (Lipinski definition) is 2. The van der Waals surface area contributed by atoms with Gasteiger partial charge >= 0.3 is 0 Å². The van der Waals surface area contributed by atoms with E-state index in [2.05, 4.69) is 13.0 Å². The van der Waals surface area contributed by atoms with Gasteiger partial charge in [-0.3, -0.25) is 4.79 Å². The minimum atomic E-state index is 0.135. The van der Waals surface area contributed by atoms with Crippen molar-refractivity contribution >= 4 is 11.6 Å². The van der Waals surface area contributed by atoms with Gasteiger partial charge in [-0.25, -0.2) is 0 Å². The maximum absolute atomic E-state index is 11.4. The highest BCUT2D eigenvalue weighted by Gasteiger charge is 2.26. The summed E-state index contributed by atoms with van der Waals surface area (Å²) in [4.78, 5) is 13.3. The number of rotatable bonds is 0. The molecule has 0 aromatic heterocycles. The van der Waals surface area contributed by atoms with Crippen LogP contribution in [0.2, 0.25) is 0 Å². The Morgan fingerprint density at radius 3 is 2.93 bits per heavy atom. The average Bonchev–Trinajstić information content (AvgIpc) is 2.19. The lowest BCUT2D eigenvalue weighted by molar-refractivity contribution is -0.131. The van der Waals surface area contributed by atoms with Gasteiger partial charge in [0.05, 0.1) is 6.04 Å². The van der Waals surface area contributed by atoms with Crippen LogP contribution in [0.15, 0.2) is 18.2 Å². The smallest absolute Gasteiger partial charge is 0.219 e. The molecule has 2 N–H and O–H groups in total. The molecule has 3 heteroatoms. The van der Waals surface area contributed by atoms with Crippen LogP contribution < -0.4 is 5.73 Å². The molecule has 3 nitrogen and oxygen atoms in total. The molecule has 0 saturated heterocycles. The Kier molecular flexibility index (Phi) is 2.39. The molecule has 1 aromatic carbocycles. The molecule has 1 aliphatic rings. The van der Waals surface area contributed by atoms with Crippen LogP contribution >= 0.6 is 0 Å². The second-order valence-electron chi connectivity index (χ2n) is 4.05. The molecular formula is C12H16N2O. The fraction of sp³-hybridized carbons (Fsp3) is 0.417. The summed E-state index contributed by atoms with van der Waals surface area (Å²) in [7, 11) is 0. The SMILES string of the molecule is CC(=O)N1CCc2c(N)cccc2C1C. The molecule has 0 spiro atoms. The number of amides is 1. The van der Waals surface area contributed by atoms with Gasteiger partial charge in [0.15, 0.2) is 0 Å². The first-order valence-electron chi connectivity index (χ1n) is 5.25. The van der Waals surface area contributed by atoms with E-state index in [1.807, 2.05) is 17.0 Å². The maximum atomic E-state index is 11.4. The molecule has 1 aliphatic heterocycles. The monoisotopic (exact) mass is 204 g/mol. The molecule has 1 unspecified atom stereocenters. The van der Waals surface area contributed by atoms with E-state index in [0.29, 0.717) is 0 Å². The van der Waals surface area contributed by atoms with Crippen molar-refractivity contribution < 1.29 is 4.79 Å². The maximum Gasteiger partial charge on any atom is 0.219 e. The Labute approximate surface area is 89.9 Å². The van der Waals surface area contributed by atoms with Gasteiger partial charge in [0.2, 0.25) is 5.91 Å². The first-order chi connectivity index (χ1) is 7.11. The van der Waals surface area contributed by atoms with E-state index in [4.69, 9.17) is 5.73 Å². The minimum absolute atomic E-state index is 0.135. The Balaban J connectivity index is 2.42. The van der Waals surface area contributed by atoms with Crippen molar-refractivity contribution in [2.45, 2.75) is 26.3 Å². The van der Waals surface area contributed by atoms with Crippen LogP contribution in [0.4, 0.5) is 5.69 Å². The van der Waals surface area contributed by atoms with E-state index in [1.54, 1.807) is 6.92 Å². The molecule has 0 saturated carbocycles. The number of fused-ring (bicyclic) bond motifs is 1. The number of carbonyl (C=O) groups is 1. The minimum Gasteiger partial charge on any atom is -0.398 e. The number of hydrogen-bond donors (Lipinski definition) is 1. The van der Waals surface area contributed by atoms with E-state index in [0.717, 1.165) is 18.7 Å². The summed E-state index contributed by atoms with van der Waals surface area (Å²) in [5.74, 6) is 0.135. The number of carbonyl (C=O) groups excluding carboxylic acids is 1. The Morgan fingerprint density at radius 1 is 1.53 bits per heavy atom. The van der Waals surface area contributed by atoms with Crippen molar-refractivity contribution in [1.82, 2.24) is 4.90 Å². The molecule has 15 heavy (non-hydrogen) atoms. The first kappa shape index (κ1) is 10.0. The molecular weight excluding hydrogens is 188 g/mol. The quantitative estimate of drug-likeness (QED) is 0.654. The second kappa shape index (κ2) is 3.57. The van der Waals surface area contributed by atoms with Crippen molar-refractivity contribution in [1.29, 1.82) is 0 Å². The van der Waals surface area contributed by atoms with Crippen molar-refractivity contribution in [3.8, 4) is 0 Å². The summed E-state index contributed by atoms with van der Waals surface area (Å²) in [6.45, 7) is 4.45. The highest BCUT2D eigenvalue weighted by atomic mass is 16.2. The van der Waals surface area contributed by atoms with Crippen LogP contribution in [0.5, 0.6) is 0 Å². The largest absolute Gasteiger partial charge is 0.398 e. The van der Waals surface area contributed by atoms with Crippen LogP contribution in [-0.4, -0.2) is 17.4 Å². The van der Waals surface area contributed by atoms with Gasteiger partial charge in [-0.1, -0.05) is 12.1 Å². The van der Waals surface area contributed by atoms with E-state index < -0.39 is 0 Å². The third-order valence-electron chi connectivity index (χ3n) is 3.17. The lowest BCUT2D eigenvalue weighted by atomic mass is 9.92. The summed E-state index contributed by atoms with van der Waals surface area (Å²) < 4.78 is 0. The summed E-state index contributed by atoms with van der Waals surface area (Å²) in [5.41, 5.74) is 9.17. The van der Waals surface area contributed by atoms with E-state index >= 15 is 0 Å². The van der Waals surface area contributed by atoms with Crippen molar-refractivity contribution in [3.63, 3.8) is 0 Å². The van der Waals surface area contributed by atoms with Gasteiger partial charge in [0, 0.05) is 19.2 Å². The van der Waals surface area contributed by atoms with Gasteiger partial charge in [-0.2, -0.15) is 0 Å². The molecule has 0 bridgehead atoms. The molecule has 1 heterocycles. The van der Waals surface area contributed by atoms with Crippen molar-refractivity contribution in [2.24, 2.45) is 0 Å². The zero-order valence-electron chi connectivity index (χ0n) is 9.16. The summed E-state index contributed by atoms with van der Waals surface area (Å²) >= 11 is 0. The predicted molar refractivity (Wildman–Crippen MR) is 60.4 cm³/mol. The molecule has 1 amide bonds. The van der Waals surface area contributed by atoms with E-state index in [9.17, 15) is 4.79 Å². The predicted octanol–water partition coefficient (Wildman–Crippen LogP) is 1.73. The summed E-state index contributed by atoms with van der Waals surface area (Å²) in [5, 5.41) is 0. The summed E-state index contributed by atoms with van der Waals surface area (Å²) in [6, 6.07) is 6.09. The van der Waals surface area contributed by atoms with Gasteiger partial charge < -0.3 is 10.6 Å². The third kappa shape index (κ3) is 1.58. The van der Waals surface area contributed by atoms with E-state index in [-0.39, 0.29) is 11.9 Å². The lowest BCUT2D eigenvalue weighted by Gasteiger charge is -2.35. The van der Waals surface area contributed by atoms with Crippen molar-refractivity contribution in [3.05, 3.63) is 29.3 Å². The van der Waals surface area contributed by atoms with Crippen LogP contribution in [0.3, 0.4) is 0 Å². The molecule has 80 valence electrons. The zero-order chi connectivity index (χ0) is 11.0. The average molecular weight is 204 g/mol. The van der Waals surface area contributed by atoms with Gasteiger partial charge in [0.1, 0.15) is 0 Å². The number of benzene rings is 1. The Bertz CT molecular complexity index is 401.